The number of aromatic amines is 1. The average molecular weight is 423 g/mol. The van der Waals surface area contributed by atoms with Crippen LogP contribution in [0.4, 0.5) is 0 Å². The van der Waals surface area contributed by atoms with Gasteiger partial charge in [-0.1, -0.05) is 42.5 Å². The van der Waals surface area contributed by atoms with Gasteiger partial charge in [0.05, 0.1) is 0 Å². The maximum atomic E-state index is 12.3. The summed E-state index contributed by atoms with van der Waals surface area (Å²) in [6.45, 7) is 7.29. The van der Waals surface area contributed by atoms with E-state index in [2.05, 4.69) is 16.5 Å². The van der Waals surface area contributed by atoms with Gasteiger partial charge in [-0.3, -0.25) is 4.79 Å². The van der Waals surface area contributed by atoms with Crippen molar-refractivity contribution in [1.29, 1.82) is 0 Å². The van der Waals surface area contributed by atoms with E-state index >= 15 is 0 Å². The smallest absolute Gasteiger partial charge is 0.173 e. The Bertz CT molecular complexity index is 1220. The molecule has 1 atom stereocenters. The summed E-state index contributed by atoms with van der Waals surface area (Å²) < 4.78 is 6.17. The number of H-pyrrole nitrogens is 1. The molecule has 4 aromatic rings. The molecule has 0 aliphatic heterocycles. The van der Waals surface area contributed by atoms with Crippen molar-refractivity contribution in [2.45, 2.75) is 20.0 Å². The minimum absolute atomic E-state index is 0.0349. The van der Waals surface area contributed by atoms with Crippen molar-refractivity contribution < 1.29 is 9.53 Å². The number of benzene rings is 1. The minimum Gasteiger partial charge on any atom is -0.484 e. The molecule has 0 bridgehead atoms. The fraction of sp³-hybridized carbons (Fsp3) is 0.130. The van der Waals surface area contributed by atoms with Gasteiger partial charge in [-0.05, 0) is 30.7 Å². The van der Waals surface area contributed by atoms with Crippen LogP contribution in [0.15, 0.2) is 55.4 Å². The van der Waals surface area contributed by atoms with Crippen molar-refractivity contribution >= 4 is 45.8 Å². The molecule has 4 rings (SSSR count). The summed E-state index contributed by atoms with van der Waals surface area (Å²) in [6.07, 6.45) is 5.14. The number of hydrogen-bond donors (Lipinski definition) is 1. The number of aromatic nitrogens is 2. The molecule has 4 nitrogen and oxygen atoms in total. The van der Waals surface area contributed by atoms with Crippen LogP contribution in [0.1, 0.15) is 40.8 Å². The van der Waals surface area contributed by atoms with Crippen LogP contribution >= 0.6 is 22.9 Å². The summed E-state index contributed by atoms with van der Waals surface area (Å²) in [7, 11) is 0. The van der Waals surface area contributed by atoms with E-state index in [-0.39, 0.29) is 11.9 Å². The van der Waals surface area contributed by atoms with E-state index in [1.165, 1.54) is 11.3 Å². The molecule has 1 N–H and O–H groups in total. The van der Waals surface area contributed by atoms with Crippen LogP contribution in [-0.2, 0) is 0 Å². The van der Waals surface area contributed by atoms with Crippen LogP contribution in [0.5, 0.6) is 5.75 Å². The second-order valence-electron chi connectivity index (χ2n) is 6.71. The van der Waals surface area contributed by atoms with Gasteiger partial charge in [0.1, 0.15) is 22.4 Å². The number of nitrogens with one attached hydrogen (secondary N) is 1. The fourth-order valence-corrected chi connectivity index (χ4v) is 4.54. The summed E-state index contributed by atoms with van der Waals surface area (Å²) in [4.78, 5) is 21.4. The zero-order valence-electron chi connectivity index (χ0n) is 16.0. The number of halogens is 1. The molecular weight excluding hydrogens is 404 g/mol. The lowest BCUT2D eigenvalue weighted by molar-refractivity contribution is 0.101. The van der Waals surface area contributed by atoms with Crippen molar-refractivity contribution in [3.8, 4) is 16.2 Å². The first-order valence-electron chi connectivity index (χ1n) is 9.13. The molecule has 1 aromatic carbocycles. The topological polar surface area (TPSA) is 55.0 Å². The van der Waals surface area contributed by atoms with Crippen LogP contribution in [-0.4, -0.2) is 15.8 Å². The molecule has 0 amide bonds. The Morgan fingerprint density at radius 2 is 2.14 bits per heavy atom. The van der Waals surface area contributed by atoms with Gasteiger partial charge in [0, 0.05) is 45.7 Å². The predicted octanol–water partition coefficient (Wildman–Crippen LogP) is 6.93. The third kappa shape index (κ3) is 3.71. The van der Waals surface area contributed by atoms with Gasteiger partial charge in [-0.15, -0.1) is 11.3 Å². The summed E-state index contributed by atoms with van der Waals surface area (Å²) in [6, 6.07) is 11.5. The largest absolute Gasteiger partial charge is 0.484 e. The van der Waals surface area contributed by atoms with Crippen molar-refractivity contribution in [2.75, 3.05) is 0 Å². The molecule has 3 heterocycles. The minimum atomic E-state index is -0.291. The van der Waals surface area contributed by atoms with Gasteiger partial charge in [0.2, 0.25) is 0 Å². The lowest BCUT2D eigenvalue weighted by atomic mass is 10.1. The Balaban J connectivity index is 1.75. The van der Waals surface area contributed by atoms with Crippen molar-refractivity contribution in [1.82, 2.24) is 9.97 Å². The molecule has 1 unspecified atom stereocenters. The van der Waals surface area contributed by atoms with Crippen molar-refractivity contribution in [3.63, 3.8) is 0 Å². The van der Waals surface area contributed by atoms with Crippen LogP contribution in [0, 0.1) is 0 Å². The monoisotopic (exact) mass is 422 g/mol. The van der Waals surface area contributed by atoms with Gasteiger partial charge in [0.25, 0.3) is 0 Å². The molecule has 146 valence electrons. The maximum absolute atomic E-state index is 12.3. The fourth-order valence-electron chi connectivity index (χ4n) is 3.23. The second-order valence-corrected chi connectivity index (χ2v) is 8.17. The first kappa shape index (κ1) is 19.4. The van der Waals surface area contributed by atoms with Gasteiger partial charge >= 0.3 is 0 Å². The van der Waals surface area contributed by atoms with Crippen LogP contribution in [0.3, 0.4) is 0 Å². The van der Waals surface area contributed by atoms with E-state index in [4.69, 9.17) is 16.3 Å². The normalized spacial score (nSPS) is 12.1. The van der Waals surface area contributed by atoms with Crippen molar-refractivity contribution in [2.24, 2.45) is 0 Å². The molecule has 0 fully saturated rings. The third-order valence-corrected chi connectivity index (χ3v) is 6.31. The van der Waals surface area contributed by atoms with Gasteiger partial charge in [-0.2, -0.15) is 0 Å². The third-order valence-electron chi connectivity index (χ3n) is 4.72. The first-order chi connectivity index (χ1) is 14.0. The molecule has 0 spiro atoms. The average Bonchev–Trinajstić information content (AvgIpc) is 3.31. The Hall–Kier alpha value is -2.89. The number of ketones is 1. The lowest BCUT2D eigenvalue weighted by Gasteiger charge is -2.16. The number of pyridine rings is 1. The molecule has 0 radical (unpaired) electrons. The van der Waals surface area contributed by atoms with E-state index in [9.17, 15) is 4.79 Å². The highest BCUT2D eigenvalue weighted by atomic mass is 35.5. The van der Waals surface area contributed by atoms with E-state index < -0.39 is 0 Å². The van der Waals surface area contributed by atoms with Gasteiger partial charge < -0.3 is 9.72 Å². The standard InChI is InChI=1S/C23H19ClN2O2S/c1-4-15-9-17-18(12-26-23(17)25-11-15)21-10-20(22(29-21)13(2)27)28-14(3)16-7-5-6-8-19(16)24/h4-12,14H,1H2,2-3H3,(H,25,26). The number of rotatable bonds is 6. The predicted molar refractivity (Wildman–Crippen MR) is 120 cm³/mol. The molecule has 29 heavy (non-hydrogen) atoms. The second kappa shape index (κ2) is 7.85. The maximum Gasteiger partial charge on any atom is 0.173 e. The number of nitrogens with zero attached hydrogens (tertiary/aromatic N) is 1. The molecule has 0 saturated heterocycles. The number of carbonyl (C=O) groups is 1. The molecule has 0 aliphatic rings. The summed E-state index contributed by atoms with van der Waals surface area (Å²) in [5.74, 6) is 0.527. The Morgan fingerprint density at radius 3 is 2.86 bits per heavy atom. The van der Waals surface area contributed by atoms with Crippen LogP contribution in [0.25, 0.3) is 27.6 Å². The van der Waals surface area contributed by atoms with E-state index in [0.717, 1.165) is 32.6 Å². The highest BCUT2D eigenvalue weighted by molar-refractivity contribution is 7.17. The zero-order valence-corrected chi connectivity index (χ0v) is 17.6. The van der Waals surface area contributed by atoms with Crippen molar-refractivity contribution in [3.05, 3.63) is 76.4 Å². The Morgan fingerprint density at radius 1 is 1.34 bits per heavy atom. The quantitative estimate of drug-likeness (QED) is 0.343. The Kier molecular flexibility index (Phi) is 5.26. The van der Waals surface area contributed by atoms with E-state index in [1.807, 2.05) is 49.5 Å². The van der Waals surface area contributed by atoms with E-state index in [0.29, 0.717) is 15.6 Å². The number of thiophene rings is 1. The summed E-state index contributed by atoms with van der Waals surface area (Å²) >= 11 is 7.72. The molecule has 0 saturated carbocycles. The summed E-state index contributed by atoms with van der Waals surface area (Å²) in [5.41, 5.74) is 3.58. The number of hydrogen-bond acceptors (Lipinski definition) is 4. The highest BCUT2D eigenvalue weighted by Crippen LogP contribution is 2.41. The first-order valence-corrected chi connectivity index (χ1v) is 10.3. The highest BCUT2D eigenvalue weighted by Gasteiger charge is 2.20. The number of carbonyl (C=O) groups excluding carboxylic acids is 1. The molecule has 6 heteroatoms. The SMILES string of the molecule is C=Cc1cnc2[nH]cc(-c3cc(OC(C)c4ccccc4Cl)c(C(C)=O)s3)c2c1. The van der Waals surface area contributed by atoms with Crippen LogP contribution in [0.2, 0.25) is 5.02 Å². The lowest BCUT2D eigenvalue weighted by Crippen LogP contribution is -2.05. The molecular formula is C23H19ClN2O2S. The molecule has 3 aromatic heterocycles. The van der Waals surface area contributed by atoms with Crippen LogP contribution < -0.4 is 4.74 Å². The number of ether oxygens (including phenoxy) is 1. The molecule has 0 aliphatic carbocycles. The van der Waals surface area contributed by atoms with Gasteiger partial charge in [-0.25, -0.2) is 4.98 Å². The summed E-state index contributed by atoms with van der Waals surface area (Å²) in [5, 5.41) is 1.61. The Labute approximate surface area is 177 Å². The number of Topliss-reactive ketones (excluding diaryl/α,β-unsaturated/α-hetero) is 1. The van der Waals surface area contributed by atoms with E-state index in [1.54, 1.807) is 19.2 Å². The zero-order chi connectivity index (χ0) is 20.5. The number of fused-ring (bicyclic) bond motifs is 1. The van der Waals surface area contributed by atoms with Gasteiger partial charge in [0.15, 0.2) is 5.78 Å².